The first-order valence-electron chi connectivity index (χ1n) is 11.7. The number of pyridine rings is 1. The van der Waals surface area contributed by atoms with Crippen LogP contribution in [0.5, 0.6) is 0 Å². The Morgan fingerprint density at radius 2 is 1.84 bits per heavy atom. The maximum atomic E-state index is 14.7. The average molecular weight is 532 g/mol. The van der Waals surface area contributed by atoms with Crippen molar-refractivity contribution in [3.63, 3.8) is 0 Å². The minimum absolute atomic E-state index is 0.103. The average Bonchev–Trinajstić information content (AvgIpc) is 3.59. The molecule has 0 unspecified atom stereocenters. The van der Waals surface area contributed by atoms with Crippen molar-refractivity contribution in [2.45, 2.75) is 12.8 Å². The third kappa shape index (κ3) is 5.28. The monoisotopic (exact) mass is 531 g/mol. The number of anilines is 1. The van der Waals surface area contributed by atoms with Crippen molar-refractivity contribution in [2.75, 3.05) is 11.9 Å². The van der Waals surface area contributed by atoms with E-state index in [1.54, 1.807) is 30.5 Å². The van der Waals surface area contributed by atoms with Gasteiger partial charge in [-0.15, -0.1) is 0 Å². The molecule has 190 valence electrons. The summed E-state index contributed by atoms with van der Waals surface area (Å²) in [5.74, 6) is -2.27. The lowest BCUT2D eigenvalue weighted by atomic mass is 10.1. The zero-order valence-electron chi connectivity index (χ0n) is 19.9. The summed E-state index contributed by atoms with van der Waals surface area (Å²) in [4.78, 5) is 34.2. The van der Waals surface area contributed by atoms with Crippen LogP contribution >= 0.6 is 11.6 Å². The van der Waals surface area contributed by atoms with Gasteiger partial charge in [0.25, 0.3) is 5.91 Å². The number of hydrogen-bond donors (Lipinski definition) is 1. The molecule has 1 N–H and O–H groups in total. The van der Waals surface area contributed by atoms with Gasteiger partial charge in [-0.2, -0.15) is 5.10 Å². The Morgan fingerprint density at radius 3 is 2.58 bits per heavy atom. The number of benzene rings is 2. The predicted molar refractivity (Wildman–Crippen MR) is 141 cm³/mol. The number of nitrogens with one attached hydrogen (secondary N) is 1. The fourth-order valence-electron chi connectivity index (χ4n) is 3.99. The van der Waals surface area contributed by atoms with Crippen LogP contribution in [0.15, 0.2) is 83.5 Å². The number of aromatic nitrogens is 3. The van der Waals surface area contributed by atoms with Crippen LogP contribution in [0.2, 0.25) is 5.02 Å². The summed E-state index contributed by atoms with van der Waals surface area (Å²) in [6.07, 6.45) is 5.78. The molecular formula is C28H20ClF2N5O2. The predicted octanol–water partition coefficient (Wildman–Crippen LogP) is 6.09. The zero-order chi connectivity index (χ0) is 26.6. The van der Waals surface area contributed by atoms with E-state index in [1.165, 1.54) is 23.0 Å². The van der Waals surface area contributed by atoms with Gasteiger partial charge in [0.15, 0.2) is 5.78 Å². The van der Waals surface area contributed by atoms with E-state index < -0.39 is 17.5 Å². The van der Waals surface area contributed by atoms with Crippen molar-refractivity contribution < 1.29 is 18.4 Å². The summed E-state index contributed by atoms with van der Waals surface area (Å²) < 4.78 is 30.4. The summed E-state index contributed by atoms with van der Waals surface area (Å²) in [7, 11) is 0. The second kappa shape index (κ2) is 10.9. The molecule has 0 saturated heterocycles. The molecule has 10 heteroatoms. The number of para-hydroxylation sites is 1. The molecule has 1 aliphatic rings. The quantitative estimate of drug-likeness (QED) is 0.279. The highest BCUT2D eigenvalue weighted by Crippen LogP contribution is 2.30. The standard InChI is InChI=1S/C28H20ClF2N5O2/c29-21-14-23(31)20(27-22(30)7-4-11-33-27)13-19(21)28(38)34-26-15-24(25(37)9-8-17-10-12-32-16-17)35-36(26)18-5-2-1-3-6-18/h1-7,10-11,13-16H,8-9,12H2,(H,34,38). The normalized spacial score (nSPS) is 12.4. The van der Waals surface area contributed by atoms with Crippen LogP contribution < -0.4 is 5.32 Å². The van der Waals surface area contributed by atoms with Crippen LogP contribution in [0.3, 0.4) is 0 Å². The Balaban J connectivity index is 1.47. The Labute approximate surface area is 221 Å². The van der Waals surface area contributed by atoms with Crippen LogP contribution in [-0.4, -0.2) is 39.2 Å². The van der Waals surface area contributed by atoms with Crippen LogP contribution in [0.1, 0.15) is 33.7 Å². The molecule has 3 heterocycles. The number of Topliss-reactive ketones (excluding diaryl/α,β-unsaturated/α-hetero) is 1. The van der Waals surface area contributed by atoms with E-state index in [2.05, 4.69) is 20.4 Å². The second-order valence-corrected chi connectivity index (χ2v) is 8.87. The molecule has 7 nitrogen and oxygen atoms in total. The van der Waals surface area contributed by atoms with Gasteiger partial charge < -0.3 is 5.32 Å². The molecule has 4 aromatic rings. The largest absolute Gasteiger partial charge is 0.306 e. The SMILES string of the molecule is O=C(CCC1=CCN=C1)c1cc(NC(=O)c2cc(-c3ncccc3F)c(F)cc2Cl)n(-c2ccccc2)n1. The molecule has 5 rings (SSSR count). The molecule has 0 atom stereocenters. The van der Waals surface area contributed by atoms with E-state index in [0.717, 1.165) is 23.8 Å². The molecule has 0 radical (unpaired) electrons. The number of hydrogen-bond acceptors (Lipinski definition) is 5. The van der Waals surface area contributed by atoms with Crippen molar-refractivity contribution >= 4 is 35.3 Å². The minimum atomic E-state index is -0.825. The van der Waals surface area contributed by atoms with E-state index in [4.69, 9.17) is 11.6 Å². The van der Waals surface area contributed by atoms with Gasteiger partial charge in [-0.3, -0.25) is 19.6 Å². The molecular weight excluding hydrogens is 512 g/mol. The number of carbonyl (C=O) groups is 2. The van der Waals surface area contributed by atoms with E-state index in [9.17, 15) is 18.4 Å². The third-order valence-electron chi connectivity index (χ3n) is 5.91. The summed E-state index contributed by atoms with van der Waals surface area (Å²) in [6, 6.07) is 15.0. The Bertz CT molecular complexity index is 1600. The third-order valence-corrected chi connectivity index (χ3v) is 6.22. The van der Waals surface area contributed by atoms with Crippen molar-refractivity contribution in [1.29, 1.82) is 0 Å². The van der Waals surface area contributed by atoms with Gasteiger partial charge in [-0.1, -0.05) is 35.9 Å². The topological polar surface area (TPSA) is 89.2 Å². The highest BCUT2D eigenvalue weighted by atomic mass is 35.5. The Kier molecular flexibility index (Phi) is 7.19. The van der Waals surface area contributed by atoms with E-state index in [0.29, 0.717) is 18.7 Å². The van der Waals surface area contributed by atoms with Gasteiger partial charge in [0.1, 0.15) is 28.8 Å². The number of amides is 1. The summed E-state index contributed by atoms with van der Waals surface area (Å²) >= 11 is 6.20. The number of allylic oxidation sites excluding steroid dienone is 1. The molecule has 1 aliphatic heterocycles. The number of halogens is 3. The number of nitrogens with zero attached hydrogens (tertiary/aromatic N) is 4. The Hall–Kier alpha value is -4.50. The second-order valence-electron chi connectivity index (χ2n) is 8.46. The summed E-state index contributed by atoms with van der Waals surface area (Å²) in [5.41, 5.74) is 1.19. The van der Waals surface area contributed by atoms with Crippen LogP contribution in [0.4, 0.5) is 14.6 Å². The first kappa shape index (κ1) is 25.2. The van der Waals surface area contributed by atoms with Crippen molar-refractivity contribution in [1.82, 2.24) is 14.8 Å². The van der Waals surface area contributed by atoms with Crippen molar-refractivity contribution in [3.05, 3.63) is 106 Å². The number of ketones is 1. The van der Waals surface area contributed by atoms with Crippen molar-refractivity contribution in [3.8, 4) is 16.9 Å². The lowest BCUT2D eigenvalue weighted by Crippen LogP contribution is -2.16. The van der Waals surface area contributed by atoms with E-state index >= 15 is 0 Å². The van der Waals surface area contributed by atoms with Gasteiger partial charge in [0.2, 0.25) is 0 Å². The van der Waals surface area contributed by atoms with Gasteiger partial charge in [-0.25, -0.2) is 13.5 Å². The fraction of sp³-hybridized carbons (Fsp3) is 0.107. The molecule has 38 heavy (non-hydrogen) atoms. The number of aliphatic imine (C=N–C) groups is 1. The molecule has 1 amide bonds. The molecule has 2 aromatic carbocycles. The highest BCUT2D eigenvalue weighted by Gasteiger charge is 2.22. The lowest BCUT2D eigenvalue weighted by molar-refractivity contribution is 0.0976. The highest BCUT2D eigenvalue weighted by molar-refractivity contribution is 6.34. The smallest absolute Gasteiger partial charge is 0.258 e. The first-order valence-corrected chi connectivity index (χ1v) is 12.1. The molecule has 0 saturated carbocycles. The number of carbonyl (C=O) groups excluding carboxylic acids is 2. The van der Waals surface area contributed by atoms with Crippen LogP contribution in [-0.2, 0) is 0 Å². The Morgan fingerprint density at radius 1 is 1.03 bits per heavy atom. The van der Waals surface area contributed by atoms with Gasteiger partial charge >= 0.3 is 0 Å². The van der Waals surface area contributed by atoms with Gasteiger partial charge in [0.05, 0.1) is 22.8 Å². The molecule has 0 aliphatic carbocycles. The minimum Gasteiger partial charge on any atom is -0.306 e. The maximum Gasteiger partial charge on any atom is 0.258 e. The van der Waals surface area contributed by atoms with E-state index in [-0.39, 0.29) is 45.6 Å². The van der Waals surface area contributed by atoms with Crippen LogP contribution in [0, 0.1) is 11.6 Å². The fourth-order valence-corrected chi connectivity index (χ4v) is 4.23. The molecule has 2 aromatic heterocycles. The number of rotatable bonds is 8. The van der Waals surface area contributed by atoms with Gasteiger partial charge in [0, 0.05) is 30.5 Å². The molecule has 0 bridgehead atoms. The lowest BCUT2D eigenvalue weighted by Gasteiger charge is -2.12. The summed E-state index contributed by atoms with van der Waals surface area (Å²) in [6.45, 7) is 0.614. The van der Waals surface area contributed by atoms with E-state index in [1.807, 2.05) is 12.1 Å². The molecule has 0 spiro atoms. The van der Waals surface area contributed by atoms with Crippen molar-refractivity contribution in [2.24, 2.45) is 4.99 Å². The van der Waals surface area contributed by atoms with Gasteiger partial charge in [-0.05, 0) is 48.4 Å². The van der Waals surface area contributed by atoms with Crippen LogP contribution in [0.25, 0.3) is 16.9 Å². The zero-order valence-corrected chi connectivity index (χ0v) is 20.6. The first-order chi connectivity index (χ1) is 18.4. The summed E-state index contributed by atoms with van der Waals surface area (Å²) in [5, 5.41) is 6.97. The molecule has 0 fully saturated rings. The maximum absolute atomic E-state index is 14.7.